The number of benzene rings is 1. The van der Waals surface area contributed by atoms with Gasteiger partial charge in [-0.2, -0.15) is 5.26 Å². The Morgan fingerprint density at radius 1 is 1.17 bits per heavy atom. The summed E-state index contributed by atoms with van der Waals surface area (Å²) < 4.78 is 10.8. The lowest BCUT2D eigenvalue weighted by Crippen LogP contribution is -2.10. The number of nitriles is 1. The fourth-order valence-corrected chi connectivity index (χ4v) is 2.12. The first-order chi connectivity index (χ1) is 11.0. The molecule has 1 aromatic heterocycles. The molecule has 23 heavy (non-hydrogen) atoms. The van der Waals surface area contributed by atoms with Crippen LogP contribution in [-0.4, -0.2) is 41.2 Å². The summed E-state index contributed by atoms with van der Waals surface area (Å²) in [5, 5.41) is 16.8. The molecule has 2 aromatic rings. The van der Waals surface area contributed by atoms with E-state index < -0.39 is 11.9 Å². The Morgan fingerprint density at radius 2 is 1.74 bits per heavy atom. The monoisotopic (exact) mass is 314 g/mol. The van der Waals surface area contributed by atoms with Gasteiger partial charge in [0.05, 0.1) is 36.7 Å². The zero-order valence-electron chi connectivity index (χ0n) is 12.9. The van der Waals surface area contributed by atoms with Crippen LogP contribution in [0.15, 0.2) is 18.2 Å². The fraction of sp³-hybridized carbons (Fsp3) is 0.267. The molecule has 0 saturated carbocycles. The zero-order chi connectivity index (χ0) is 17.0. The molecule has 8 nitrogen and oxygen atoms in total. The average molecular weight is 314 g/mol. The summed E-state index contributed by atoms with van der Waals surface area (Å²) in [6.45, 7) is 1.85. The van der Waals surface area contributed by atoms with Crippen molar-refractivity contribution in [2.75, 3.05) is 14.2 Å². The molecule has 0 unspecified atom stereocenters. The summed E-state index contributed by atoms with van der Waals surface area (Å²) >= 11 is 0. The number of rotatable bonds is 4. The third-order valence-corrected chi connectivity index (χ3v) is 3.21. The molecule has 0 radical (unpaired) electrons. The molecule has 0 fully saturated rings. The lowest BCUT2D eigenvalue weighted by molar-refractivity contribution is 0.0599. The minimum absolute atomic E-state index is 0.168. The van der Waals surface area contributed by atoms with Crippen molar-refractivity contribution in [3.63, 3.8) is 0 Å². The molecule has 0 aliphatic heterocycles. The number of hydrogen-bond donors (Lipinski definition) is 0. The third-order valence-electron chi connectivity index (χ3n) is 3.21. The predicted molar refractivity (Wildman–Crippen MR) is 78.1 cm³/mol. The van der Waals surface area contributed by atoms with Crippen LogP contribution in [0.3, 0.4) is 0 Å². The Labute approximate surface area is 132 Å². The van der Waals surface area contributed by atoms with Gasteiger partial charge in [-0.3, -0.25) is 0 Å². The van der Waals surface area contributed by atoms with Crippen LogP contribution in [0.4, 0.5) is 0 Å². The highest BCUT2D eigenvalue weighted by atomic mass is 16.5. The Kier molecular flexibility index (Phi) is 4.71. The third kappa shape index (κ3) is 3.03. The quantitative estimate of drug-likeness (QED) is 0.782. The van der Waals surface area contributed by atoms with Crippen LogP contribution in [0.5, 0.6) is 0 Å². The maximum absolute atomic E-state index is 11.8. The zero-order valence-corrected chi connectivity index (χ0v) is 12.9. The van der Waals surface area contributed by atoms with Gasteiger partial charge in [-0.05, 0) is 24.6 Å². The highest BCUT2D eigenvalue weighted by Crippen LogP contribution is 2.19. The van der Waals surface area contributed by atoms with Crippen LogP contribution in [-0.2, 0) is 15.9 Å². The van der Waals surface area contributed by atoms with Gasteiger partial charge in [0, 0.05) is 0 Å². The number of carbonyl (C=O) groups excluding carboxylic acids is 2. The van der Waals surface area contributed by atoms with Gasteiger partial charge in [-0.25, -0.2) is 14.3 Å². The molecular formula is C15H14N4O4. The Balaban J connectivity index is 2.67. The highest BCUT2D eigenvalue weighted by molar-refractivity contribution is 5.96. The fourth-order valence-electron chi connectivity index (χ4n) is 2.12. The van der Waals surface area contributed by atoms with E-state index in [4.69, 9.17) is 5.26 Å². The summed E-state index contributed by atoms with van der Waals surface area (Å²) in [5.41, 5.74) is 1.52. The normalized spacial score (nSPS) is 10.0. The Morgan fingerprint density at radius 3 is 2.17 bits per heavy atom. The van der Waals surface area contributed by atoms with Crippen LogP contribution in [0, 0.1) is 11.3 Å². The number of esters is 2. The van der Waals surface area contributed by atoms with Crippen LogP contribution >= 0.6 is 0 Å². The number of ether oxygens (including phenoxy) is 2. The van der Waals surface area contributed by atoms with E-state index in [1.54, 1.807) is 0 Å². The van der Waals surface area contributed by atoms with E-state index in [1.807, 2.05) is 13.0 Å². The smallest absolute Gasteiger partial charge is 0.337 e. The van der Waals surface area contributed by atoms with Gasteiger partial charge >= 0.3 is 11.9 Å². The summed E-state index contributed by atoms with van der Waals surface area (Å²) in [7, 11) is 2.49. The van der Waals surface area contributed by atoms with Crippen molar-refractivity contribution in [1.29, 1.82) is 5.26 Å². The molecule has 0 saturated heterocycles. The molecule has 0 spiro atoms. The first-order valence-electron chi connectivity index (χ1n) is 6.72. The molecule has 2 rings (SSSR count). The van der Waals surface area contributed by atoms with Gasteiger partial charge in [0.25, 0.3) is 0 Å². The molecular weight excluding hydrogens is 300 g/mol. The van der Waals surface area contributed by atoms with Crippen molar-refractivity contribution in [2.45, 2.75) is 13.3 Å². The molecule has 1 aromatic carbocycles. The number of hydrogen-bond acceptors (Lipinski definition) is 7. The second-order valence-electron chi connectivity index (χ2n) is 4.51. The van der Waals surface area contributed by atoms with Crippen molar-refractivity contribution in [3.05, 3.63) is 40.7 Å². The van der Waals surface area contributed by atoms with E-state index in [0.29, 0.717) is 17.8 Å². The van der Waals surface area contributed by atoms with Crippen LogP contribution < -0.4 is 0 Å². The molecule has 0 aliphatic rings. The van der Waals surface area contributed by atoms with Gasteiger partial charge in [0.2, 0.25) is 0 Å². The highest BCUT2D eigenvalue weighted by Gasteiger charge is 2.18. The van der Waals surface area contributed by atoms with Gasteiger partial charge in [0.1, 0.15) is 6.07 Å². The van der Waals surface area contributed by atoms with Crippen molar-refractivity contribution < 1.29 is 19.1 Å². The number of carbonyl (C=O) groups is 2. The molecule has 0 N–H and O–H groups in total. The van der Waals surface area contributed by atoms with Crippen molar-refractivity contribution >= 4 is 11.9 Å². The summed E-state index contributed by atoms with van der Waals surface area (Å²) in [4.78, 5) is 23.6. The van der Waals surface area contributed by atoms with Crippen molar-refractivity contribution in [2.24, 2.45) is 0 Å². The largest absolute Gasteiger partial charge is 0.465 e. The van der Waals surface area contributed by atoms with E-state index in [0.717, 1.165) is 0 Å². The molecule has 1 heterocycles. The predicted octanol–water partition coefficient (Wildman–Crippen LogP) is 1.27. The second-order valence-corrected chi connectivity index (χ2v) is 4.51. The maximum atomic E-state index is 11.8. The van der Waals surface area contributed by atoms with Crippen LogP contribution in [0.25, 0.3) is 5.69 Å². The van der Waals surface area contributed by atoms with Gasteiger partial charge in [0.15, 0.2) is 5.69 Å². The lowest BCUT2D eigenvalue weighted by Gasteiger charge is -2.09. The van der Waals surface area contributed by atoms with Crippen molar-refractivity contribution in [3.8, 4) is 11.8 Å². The average Bonchev–Trinajstić information content (AvgIpc) is 3.02. The van der Waals surface area contributed by atoms with E-state index >= 15 is 0 Å². The number of nitrogens with zero attached hydrogens (tertiary/aromatic N) is 4. The minimum atomic E-state index is -0.601. The molecule has 0 atom stereocenters. The van der Waals surface area contributed by atoms with Crippen molar-refractivity contribution in [1.82, 2.24) is 15.0 Å². The SMILES string of the molecule is CCc1c(C#N)nnn1-c1cc(C(=O)OC)cc(C(=O)OC)c1. The van der Waals surface area contributed by atoms with Gasteiger partial charge in [-0.15, -0.1) is 5.10 Å². The van der Waals surface area contributed by atoms with E-state index in [2.05, 4.69) is 19.8 Å². The van der Waals surface area contributed by atoms with E-state index in [1.165, 1.54) is 37.1 Å². The second kappa shape index (κ2) is 6.70. The topological polar surface area (TPSA) is 107 Å². The summed E-state index contributed by atoms with van der Waals surface area (Å²) in [6.07, 6.45) is 0.506. The molecule has 0 aliphatic carbocycles. The first kappa shape index (κ1) is 16.2. The Hall–Kier alpha value is -3.21. The maximum Gasteiger partial charge on any atom is 0.337 e. The van der Waals surface area contributed by atoms with E-state index in [-0.39, 0.29) is 16.8 Å². The lowest BCUT2D eigenvalue weighted by atomic mass is 10.1. The standard InChI is InChI=1S/C15H14N4O4/c1-4-13-12(8-16)17-18-19(13)11-6-9(14(20)22-2)5-10(7-11)15(21)23-3/h5-7H,4H2,1-3H3. The molecule has 0 bridgehead atoms. The number of aromatic nitrogens is 3. The summed E-state index contributed by atoms with van der Waals surface area (Å²) in [5.74, 6) is -1.20. The van der Waals surface area contributed by atoms with Crippen LogP contribution in [0.2, 0.25) is 0 Å². The molecule has 118 valence electrons. The molecule has 8 heteroatoms. The first-order valence-corrected chi connectivity index (χ1v) is 6.72. The van der Waals surface area contributed by atoms with Crippen LogP contribution in [0.1, 0.15) is 39.0 Å². The molecule has 0 amide bonds. The van der Waals surface area contributed by atoms with E-state index in [9.17, 15) is 9.59 Å². The number of methoxy groups -OCH3 is 2. The van der Waals surface area contributed by atoms with Gasteiger partial charge < -0.3 is 9.47 Å². The summed E-state index contributed by atoms with van der Waals surface area (Å²) in [6, 6.07) is 6.34. The minimum Gasteiger partial charge on any atom is -0.465 e. The van der Waals surface area contributed by atoms with Gasteiger partial charge in [-0.1, -0.05) is 12.1 Å². The Bertz CT molecular complexity index is 770.